The van der Waals surface area contributed by atoms with Crippen LogP contribution in [0.25, 0.3) is 0 Å². The van der Waals surface area contributed by atoms with Crippen LogP contribution in [0.4, 0.5) is 4.79 Å². The van der Waals surface area contributed by atoms with Gasteiger partial charge in [-0.25, -0.2) is 9.59 Å². The van der Waals surface area contributed by atoms with Crippen molar-refractivity contribution in [2.45, 2.75) is 32.4 Å². The average Bonchev–Trinajstić information content (AvgIpc) is 2.08. The number of carbonyl (C=O) groups is 2. The Labute approximate surface area is 104 Å². The molecule has 0 aromatic carbocycles. The lowest BCUT2D eigenvalue weighted by atomic mass is 10.2. The molecule has 94 valence electrons. The van der Waals surface area contributed by atoms with Crippen LogP contribution in [0.3, 0.4) is 0 Å². The molecule has 1 atom stereocenters. The largest absolute Gasteiger partial charge is 0.480 e. The predicted octanol–water partition coefficient (Wildman–Crippen LogP) is 1.89. The van der Waals surface area contributed by atoms with Crippen molar-refractivity contribution < 1.29 is 19.4 Å². The molecule has 0 heterocycles. The fourth-order valence-corrected chi connectivity index (χ4v) is 1.60. The van der Waals surface area contributed by atoms with Crippen molar-refractivity contribution in [2.75, 3.05) is 11.0 Å². The third-order valence-corrected chi connectivity index (χ3v) is 2.54. The van der Waals surface area contributed by atoms with Gasteiger partial charge in [0, 0.05) is 5.75 Å². The Morgan fingerprint density at radius 2 is 2.06 bits per heavy atom. The number of nitrogens with one attached hydrogen (secondary N) is 1. The van der Waals surface area contributed by atoms with E-state index in [9.17, 15) is 9.59 Å². The van der Waals surface area contributed by atoms with Gasteiger partial charge < -0.3 is 15.2 Å². The van der Waals surface area contributed by atoms with Gasteiger partial charge in [0.15, 0.2) is 0 Å². The number of carboxylic acids is 1. The number of hydrogen-bond donors (Lipinski definition) is 2. The molecule has 0 saturated carbocycles. The molecule has 0 bridgehead atoms. The maximum Gasteiger partial charge on any atom is 0.408 e. The van der Waals surface area contributed by atoms with Crippen molar-refractivity contribution in [2.24, 2.45) is 0 Å². The molecule has 0 saturated heterocycles. The van der Waals surface area contributed by atoms with Crippen LogP contribution < -0.4 is 5.32 Å². The van der Waals surface area contributed by atoms with Gasteiger partial charge in [-0.3, -0.25) is 0 Å². The highest BCUT2D eigenvalue weighted by Gasteiger charge is 2.23. The van der Waals surface area contributed by atoms with Crippen molar-refractivity contribution in [3.05, 3.63) is 0 Å². The van der Waals surface area contributed by atoms with Crippen LogP contribution in [0.15, 0.2) is 0 Å². The number of alkyl carbamates (subject to hydrolysis) is 1. The van der Waals surface area contributed by atoms with Crippen molar-refractivity contribution >= 4 is 35.4 Å². The number of carboxylic acid groups (broad SMARTS) is 1. The number of hydrogen-bond acceptors (Lipinski definition) is 4. The number of alkyl halides is 1. The monoisotopic (exact) mass is 269 g/mol. The smallest absolute Gasteiger partial charge is 0.408 e. The number of halogens is 1. The summed E-state index contributed by atoms with van der Waals surface area (Å²) in [5.74, 6) is -0.901. The van der Waals surface area contributed by atoms with Gasteiger partial charge in [-0.15, -0.1) is 23.4 Å². The van der Waals surface area contributed by atoms with Gasteiger partial charge >= 0.3 is 12.1 Å². The molecule has 2 N–H and O–H groups in total. The molecule has 0 aliphatic rings. The number of carbonyl (C=O) groups excluding carboxylic acids is 1. The predicted molar refractivity (Wildman–Crippen MR) is 64.0 cm³/mol. The highest BCUT2D eigenvalue weighted by molar-refractivity contribution is 8.00. The fourth-order valence-electron chi connectivity index (χ4n) is 0.787. The highest BCUT2D eigenvalue weighted by Crippen LogP contribution is 2.09. The summed E-state index contributed by atoms with van der Waals surface area (Å²) < 4.78 is 4.94. The molecule has 0 fully saturated rings. The second kappa shape index (κ2) is 6.85. The van der Waals surface area contributed by atoms with Gasteiger partial charge in [-0.1, -0.05) is 0 Å². The van der Waals surface area contributed by atoms with Gasteiger partial charge in [0.05, 0.1) is 5.21 Å². The summed E-state index contributed by atoms with van der Waals surface area (Å²) in [4.78, 5) is 22.1. The van der Waals surface area contributed by atoms with E-state index in [1.165, 1.54) is 11.8 Å². The summed E-state index contributed by atoms with van der Waals surface area (Å²) in [6.45, 7) is 5.11. The minimum absolute atomic E-state index is 0.206. The topological polar surface area (TPSA) is 75.6 Å². The summed E-state index contributed by atoms with van der Waals surface area (Å²) >= 11 is 6.64. The first kappa shape index (κ1) is 15.4. The molecule has 0 spiro atoms. The van der Waals surface area contributed by atoms with E-state index < -0.39 is 23.7 Å². The Morgan fingerprint density at radius 3 is 2.44 bits per heavy atom. The molecule has 0 rings (SSSR count). The van der Waals surface area contributed by atoms with E-state index in [0.29, 0.717) is 0 Å². The van der Waals surface area contributed by atoms with Gasteiger partial charge in [0.1, 0.15) is 11.6 Å². The van der Waals surface area contributed by atoms with Crippen molar-refractivity contribution in [1.29, 1.82) is 0 Å². The van der Waals surface area contributed by atoms with Crippen LogP contribution in [0.1, 0.15) is 20.8 Å². The van der Waals surface area contributed by atoms with Crippen LogP contribution in [0, 0.1) is 0 Å². The third-order valence-electron chi connectivity index (χ3n) is 1.35. The molecular formula is C9H16ClNO4S. The summed E-state index contributed by atoms with van der Waals surface area (Å²) in [6, 6.07) is -0.987. The number of aliphatic carboxylic acids is 1. The fraction of sp³-hybridized carbons (Fsp3) is 0.778. The van der Waals surface area contributed by atoms with Crippen molar-refractivity contribution in [1.82, 2.24) is 5.32 Å². The molecule has 0 aliphatic heterocycles. The lowest BCUT2D eigenvalue weighted by Gasteiger charge is -2.21. The minimum atomic E-state index is -1.11. The molecular weight excluding hydrogens is 254 g/mol. The maximum atomic E-state index is 11.3. The maximum absolute atomic E-state index is 11.3. The Kier molecular flexibility index (Phi) is 6.59. The van der Waals surface area contributed by atoms with Crippen LogP contribution in [-0.4, -0.2) is 39.8 Å². The first-order chi connectivity index (χ1) is 7.26. The van der Waals surface area contributed by atoms with E-state index in [2.05, 4.69) is 5.32 Å². The molecule has 16 heavy (non-hydrogen) atoms. The molecule has 0 aromatic rings. The van der Waals surface area contributed by atoms with E-state index >= 15 is 0 Å². The zero-order valence-electron chi connectivity index (χ0n) is 9.45. The summed E-state index contributed by atoms with van der Waals surface area (Å²) in [5, 5.41) is 11.4. The lowest BCUT2D eigenvalue weighted by Crippen LogP contribution is -2.44. The molecule has 0 aromatic heterocycles. The van der Waals surface area contributed by atoms with Crippen LogP contribution in [0.2, 0.25) is 0 Å². The van der Waals surface area contributed by atoms with Crippen LogP contribution in [0.5, 0.6) is 0 Å². The first-order valence-electron chi connectivity index (χ1n) is 4.62. The molecule has 0 radical (unpaired) electrons. The van der Waals surface area contributed by atoms with E-state index in [0.717, 1.165) is 0 Å². The molecule has 0 unspecified atom stereocenters. The van der Waals surface area contributed by atoms with E-state index in [1.807, 2.05) is 0 Å². The number of rotatable bonds is 5. The van der Waals surface area contributed by atoms with Crippen LogP contribution in [-0.2, 0) is 9.53 Å². The SMILES string of the molecule is CC(C)(C)OC(=O)N[C@H](CSCCl)C(=O)O. The van der Waals surface area contributed by atoms with Crippen LogP contribution >= 0.6 is 23.4 Å². The Balaban J connectivity index is 4.19. The van der Waals surface area contributed by atoms with E-state index in [4.69, 9.17) is 21.4 Å². The molecule has 7 heteroatoms. The van der Waals surface area contributed by atoms with Crippen molar-refractivity contribution in [3.8, 4) is 0 Å². The number of thioether (sulfide) groups is 1. The third kappa shape index (κ3) is 7.64. The standard InChI is InChI=1S/C9H16ClNO4S/c1-9(2,3)15-8(14)11-6(7(12)13)4-16-5-10/h6H,4-5H2,1-3H3,(H,11,14)(H,12,13)/t6-/m1/s1. The normalized spacial score (nSPS) is 13.0. The zero-order valence-corrected chi connectivity index (χ0v) is 11.0. The summed E-state index contributed by atoms with van der Waals surface area (Å²) in [6.07, 6.45) is -0.741. The minimum Gasteiger partial charge on any atom is -0.480 e. The highest BCUT2D eigenvalue weighted by atomic mass is 35.5. The second-order valence-electron chi connectivity index (χ2n) is 4.02. The first-order valence-corrected chi connectivity index (χ1v) is 6.31. The van der Waals surface area contributed by atoms with Gasteiger partial charge in [0.2, 0.25) is 0 Å². The van der Waals surface area contributed by atoms with E-state index in [-0.39, 0.29) is 11.0 Å². The Hall–Kier alpha value is -0.620. The van der Waals surface area contributed by atoms with Gasteiger partial charge in [0.25, 0.3) is 0 Å². The molecule has 1 amide bonds. The van der Waals surface area contributed by atoms with E-state index in [1.54, 1.807) is 20.8 Å². The zero-order chi connectivity index (χ0) is 12.8. The van der Waals surface area contributed by atoms with Gasteiger partial charge in [-0.2, -0.15) is 0 Å². The Bertz CT molecular complexity index is 254. The average molecular weight is 270 g/mol. The summed E-state index contributed by atoms with van der Waals surface area (Å²) in [5.41, 5.74) is -0.646. The lowest BCUT2D eigenvalue weighted by molar-refractivity contribution is -0.138. The summed E-state index contributed by atoms with van der Waals surface area (Å²) in [7, 11) is 0. The molecule has 5 nitrogen and oxygen atoms in total. The number of ether oxygens (including phenoxy) is 1. The second-order valence-corrected chi connectivity index (χ2v) is 5.63. The Morgan fingerprint density at radius 1 is 1.50 bits per heavy atom. The quantitative estimate of drug-likeness (QED) is 0.746. The van der Waals surface area contributed by atoms with Crippen molar-refractivity contribution in [3.63, 3.8) is 0 Å². The van der Waals surface area contributed by atoms with Gasteiger partial charge in [-0.05, 0) is 20.8 Å². The number of amides is 1. The molecule has 0 aliphatic carbocycles.